The smallest absolute Gasteiger partial charge is 0.142 e. The Morgan fingerprint density at radius 3 is 2.68 bits per heavy atom. The van der Waals surface area contributed by atoms with Crippen molar-refractivity contribution in [2.75, 3.05) is 0 Å². The fourth-order valence-corrected chi connectivity index (χ4v) is 2.18. The predicted molar refractivity (Wildman–Crippen MR) is 73.8 cm³/mol. The van der Waals surface area contributed by atoms with Crippen LogP contribution in [0.4, 0.5) is 4.39 Å². The van der Waals surface area contributed by atoms with Gasteiger partial charge in [0, 0.05) is 12.6 Å². The number of aliphatic hydroxyl groups excluding tert-OH is 1. The number of rotatable bonds is 3. The highest BCUT2D eigenvalue weighted by molar-refractivity contribution is 6.30. The summed E-state index contributed by atoms with van der Waals surface area (Å²) >= 11 is 5.63. The monoisotopic (exact) mass is 279 g/mol. The maximum absolute atomic E-state index is 13.3. The molecule has 2 aromatic rings. The molecule has 1 atom stereocenters. The molecule has 0 radical (unpaired) electrons. The molecule has 0 bridgehead atoms. The molecule has 0 fully saturated rings. The van der Waals surface area contributed by atoms with E-state index < -0.39 is 11.9 Å². The van der Waals surface area contributed by atoms with Gasteiger partial charge in [0.1, 0.15) is 11.9 Å². The van der Waals surface area contributed by atoms with Crippen LogP contribution in [0.3, 0.4) is 0 Å². The van der Waals surface area contributed by atoms with Crippen LogP contribution < -0.4 is 0 Å². The van der Waals surface area contributed by atoms with Crippen LogP contribution in [0.2, 0.25) is 5.02 Å². The molecule has 100 valence electrons. The van der Waals surface area contributed by atoms with Crippen molar-refractivity contribution in [3.63, 3.8) is 0 Å². The van der Waals surface area contributed by atoms with Gasteiger partial charge in [0.05, 0.1) is 10.7 Å². The first-order valence-electron chi connectivity index (χ1n) is 6.02. The summed E-state index contributed by atoms with van der Waals surface area (Å²) in [5, 5.41) is 10.3. The van der Waals surface area contributed by atoms with E-state index in [4.69, 9.17) is 11.6 Å². The molecule has 1 heterocycles. The summed E-state index contributed by atoms with van der Waals surface area (Å²) in [5.41, 5.74) is 3.30. The zero-order valence-corrected chi connectivity index (χ0v) is 11.6. The number of hydrogen-bond acceptors (Lipinski definition) is 2. The van der Waals surface area contributed by atoms with Gasteiger partial charge in [-0.15, -0.1) is 0 Å². The molecule has 2 rings (SSSR count). The number of aryl methyl sites for hydroxylation is 2. The number of aromatic nitrogens is 1. The largest absolute Gasteiger partial charge is 0.386 e. The molecule has 0 aliphatic rings. The highest BCUT2D eigenvalue weighted by atomic mass is 35.5. The summed E-state index contributed by atoms with van der Waals surface area (Å²) in [7, 11) is 0. The fourth-order valence-electron chi connectivity index (χ4n) is 2.06. The van der Waals surface area contributed by atoms with Crippen LogP contribution in [0.15, 0.2) is 30.5 Å². The van der Waals surface area contributed by atoms with E-state index in [0.717, 1.165) is 11.1 Å². The van der Waals surface area contributed by atoms with Crippen molar-refractivity contribution >= 4 is 11.6 Å². The summed E-state index contributed by atoms with van der Waals surface area (Å²) in [5.74, 6) is -0.472. The second kappa shape index (κ2) is 5.68. The molecular formula is C15H15ClFNO. The fraction of sp³-hybridized carbons (Fsp3) is 0.267. The zero-order chi connectivity index (χ0) is 14.0. The van der Waals surface area contributed by atoms with Gasteiger partial charge >= 0.3 is 0 Å². The van der Waals surface area contributed by atoms with Crippen molar-refractivity contribution in [1.29, 1.82) is 0 Å². The minimum atomic E-state index is -0.749. The van der Waals surface area contributed by atoms with Gasteiger partial charge in [0.15, 0.2) is 0 Å². The van der Waals surface area contributed by atoms with Crippen molar-refractivity contribution in [3.05, 3.63) is 63.7 Å². The topological polar surface area (TPSA) is 33.1 Å². The van der Waals surface area contributed by atoms with E-state index in [-0.39, 0.29) is 5.02 Å². The molecule has 0 aliphatic heterocycles. The van der Waals surface area contributed by atoms with E-state index >= 15 is 0 Å². The number of pyridine rings is 1. The number of halogens is 2. The van der Waals surface area contributed by atoms with E-state index in [1.54, 1.807) is 12.3 Å². The summed E-state index contributed by atoms with van der Waals surface area (Å²) in [4.78, 5) is 4.24. The van der Waals surface area contributed by atoms with Gasteiger partial charge in [0.2, 0.25) is 0 Å². The van der Waals surface area contributed by atoms with Crippen molar-refractivity contribution in [1.82, 2.24) is 4.98 Å². The molecule has 0 saturated heterocycles. The molecule has 2 nitrogen and oxygen atoms in total. The average molecular weight is 280 g/mol. The third-order valence-corrected chi connectivity index (χ3v) is 3.29. The van der Waals surface area contributed by atoms with E-state index in [2.05, 4.69) is 4.98 Å². The molecule has 1 aromatic heterocycles. The van der Waals surface area contributed by atoms with Gasteiger partial charge in [-0.05, 0) is 42.7 Å². The maximum Gasteiger partial charge on any atom is 0.142 e. The zero-order valence-electron chi connectivity index (χ0n) is 10.8. The van der Waals surface area contributed by atoms with Gasteiger partial charge < -0.3 is 5.11 Å². The lowest BCUT2D eigenvalue weighted by Crippen LogP contribution is -2.07. The Balaban J connectivity index is 2.20. The number of benzene rings is 1. The van der Waals surface area contributed by atoms with Gasteiger partial charge in [-0.25, -0.2) is 4.39 Å². The van der Waals surface area contributed by atoms with Crippen LogP contribution in [0, 0.1) is 19.7 Å². The van der Waals surface area contributed by atoms with E-state index in [1.807, 2.05) is 19.9 Å². The Bertz CT molecular complexity index is 601. The van der Waals surface area contributed by atoms with Crippen molar-refractivity contribution < 1.29 is 9.50 Å². The molecule has 0 saturated carbocycles. The van der Waals surface area contributed by atoms with Crippen LogP contribution in [0.5, 0.6) is 0 Å². The van der Waals surface area contributed by atoms with E-state index in [0.29, 0.717) is 17.7 Å². The van der Waals surface area contributed by atoms with Crippen molar-refractivity contribution in [2.45, 2.75) is 26.4 Å². The third kappa shape index (κ3) is 3.31. The Hall–Kier alpha value is -1.45. The lowest BCUT2D eigenvalue weighted by Gasteiger charge is -2.13. The SMILES string of the molecule is Cc1cnc(C(O)Cc2ccc(Cl)c(F)c2)c(C)c1. The average Bonchev–Trinajstić information content (AvgIpc) is 2.33. The van der Waals surface area contributed by atoms with Gasteiger partial charge in [-0.2, -0.15) is 0 Å². The lowest BCUT2D eigenvalue weighted by molar-refractivity contribution is 0.172. The normalized spacial score (nSPS) is 12.5. The Morgan fingerprint density at radius 2 is 2.05 bits per heavy atom. The molecule has 0 spiro atoms. The molecule has 4 heteroatoms. The first-order valence-corrected chi connectivity index (χ1v) is 6.40. The minimum absolute atomic E-state index is 0.0860. The summed E-state index contributed by atoms with van der Waals surface area (Å²) in [6.45, 7) is 3.85. The lowest BCUT2D eigenvalue weighted by atomic mass is 10.0. The van der Waals surface area contributed by atoms with Crippen LogP contribution in [0.1, 0.15) is 28.5 Å². The molecule has 1 unspecified atom stereocenters. The predicted octanol–water partition coefficient (Wildman–Crippen LogP) is 3.77. The van der Waals surface area contributed by atoms with Gasteiger partial charge in [-0.3, -0.25) is 4.98 Å². The Labute approximate surface area is 116 Å². The number of nitrogens with zero attached hydrogens (tertiary/aromatic N) is 1. The Kier molecular flexibility index (Phi) is 4.17. The van der Waals surface area contributed by atoms with Crippen LogP contribution >= 0.6 is 11.6 Å². The first-order chi connectivity index (χ1) is 8.97. The van der Waals surface area contributed by atoms with Crippen LogP contribution in [-0.2, 0) is 6.42 Å². The van der Waals surface area contributed by atoms with Crippen LogP contribution in [-0.4, -0.2) is 10.1 Å². The first kappa shape index (κ1) is 14.0. The highest BCUT2D eigenvalue weighted by Crippen LogP contribution is 2.22. The molecule has 1 N–H and O–H groups in total. The highest BCUT2D eigenvalue weighted by Gasteiger charge is 2.14. The second-order valence-corrected chi connectivity index (χ2v) is 5.09. The van der Waals surface area contributed by atoms with Crippen molar-refractivity contribution in [2.24, 2.45) is 0 Å². The summed E-state index contributed by atoms with van der Waals surface area (Å²) in [6.07, 6.45) is 1.28. The maximum atomic E-state index is 13.3. The molecule has 1 aromatic carbocycles. The minimum Gasteiger partial charge on any atom is -0.386 e. The summed E-state index contributed by atoms with van der Waals surface area (Å²) < 4.78 is 13.3. The third-order valence-electron chi connectivity index (χ3n) is 2.98. The van der Waals surface area contributed by atoms with Gasteiger partial charge in [0.25, 0.3) is 0 Å². The number of hydrogen-bond donors (Lipinski definition) is 1. The van der Waals surface area contributed by atoms with E-state index in [9.17, 15) is 9.50 Å². The summed E-state index contributed by atoms with van der Waals surface area (Å²) in [6, 6.07) is 6.51. The van der Waals surface area contributed by atoms with Gasteiger partial charge in [-0.1, -0.05) is 23.7 Å². The molecule has 19 heavy (non-hydrogen) atoms. The molecular weight excluding hydrogens is 265 g/mol. The molecule has 0 aliphatic carbocycles. The second-order valence-electron chi connectivity index (χ2n) is 4.68. The van der Waals surface area contributed by atoms with Crippen LogP contribution in [0.25, 0.3) is 0 Å². The quantitative estimate of drug-likeness (QED) is 0.928. The standard InChI is InChI=1S/C15H15ClFNO/c1-9-5-10(2)15(18-8-9)14(19)7-11-3-4-12(16)13(17)6-11/h3-6,8,14,19H,7H2,1-2H3. The molecule has 0 amide bonds. The number of aliphatic hydroxyl groups is 1. The van der Waals surface area contributed by atoms with E-state index in [1.165, 1.54) is 12.1 Å². The van der Waals surface area contributed by atoms with Crippen molar-refractivity contribution in [3.8, 4) is 0 Å². The Morgan fingerprint density at radius 1 is 1.32 bits per heavy atom.